The number of hydrogen-bond acceptors (Lipinski definition) is 2. The number of nitrogens with two attached hydrogens (primary N) is 1. The smallest absolute Gasteiger partial charge is 0.120 e. The monoisotopic (exact) mass is 232 g/mol. The minimum absolute atomic E-state index is 0.0471. The highest BCUT2D eigenvalue weighted by atomic mass is 16.5. The quantitative estimate of drug-likeness (QED) is 0.882. The minimum Gasteiger partial charge on any atom is -0.497 e. The molecule has 92 valence electrons. The van der Waals surface area contributed by atoms with Crippen molar-refractivity contribution in [2.24, 2.45) is 5.73 Å². The zero-order valence-electron chi connectivity index (χ0n) is 10.9. The molecule has 0 aliphatic rings. The number of methoxy groups -OCH3 is 1. The van der Waals surface area contributed by atoms with Crippen molar-refractivity contribution < 1.29 is 4.74 Å². The van der Waals surface area contributed by atoms with E-state index in [1.807, 2.05) is 13.0 Å². The lowest BCUT2D eigenvalue weighted by Crippen LogP contribution is -2.04. The molecule has 0 saturated carbocycles. The highest BCUT2D eigenvalue weighted by molar-refractivity contribution is 5.86. The zero-order chi connectivity index (χ0) is 12.6. The Morgan fingerprint density at radius 2 is 1.94 bits per heavy atom. The van der Waals surface area contributed by atoms with Gasteiger partial charge in [0.15, 0.2) is 0 Å². The molecule has 1 heterocycles. The molecule has 2 N–H and O–H groups in total. The van der Waals surface area contributed by atoms with Crippen molar-refractivity contribution in [2.75, 3.05) is 7.11 Å². The molecule has 0 bridgehead atoms. The second-order valence-electron chi connectivity index (χ2n) is 4.76. The van der Waals surface area contributed by atoms with Crippen LogP contribution in [0.1, 0.15) is 38.4 Å². The molecule has 3 nitrogen and oxygen atoms in total. The summed E-state index contributed by atoms with van der Waals surface area (Å²) in [6, 6.07) is 6.61. The lowest BCUT2D eigenvalue weighted by Gasteiger charge is -2.09. The number of rotatable bonds is 3. The highest BCUT2D eigenvalue weighted by Gasteiger charge is 2.13. The summed E-state index contributed by atoms with van der Waals surface area (Å²) in [6.45, 7) is 6.36. The number of aromatic nitrogens is 1. The van der Waals surface area contributed by atoms with Crippen molar-refractivity contribution in [2.45, 2.75) is 32.9 Å². The van der Waals surface area contributed by atoms with E-state index in [4.69, 9.17) is 10.5 Å². The molecule has 1 unspecified atom stereocenters. The van der Waals surface area contributed by atoms with Gasteiger partial charge in [0.2, 0.25) is 0 Å². The number of nitrogens with zero attached hydrogens (tertiary/aromatic N) is 1. The molecule has 2 aromatic rings. The summed E-state index contributed by atoms with van der Waals surface area (Å²) in [6.07, 6.45) is 2.15. The molecule has 0 fully saturated rings. The maximum absolute atomic E-state index is 6.02. The van der Waals surface area contributed by atoms with Crippen molar-refractivity contribution in [3.63, 3.8) is 0 Å². The summed E-state index contributed by atoms with van der Waals surface area (Å²) in [4.78, 5) is 0. The third-order valence-electron chi connectivity index (χ3n) is 3.12. The van der Waals surface area contributed by atoms with E-state index in [0.29, 0.717) is 6.04 Å². The largest absolute Gasteiger partial charge is 0.497 e. The van der Waals surface area contributed by atoms with Crippen LogP contribution in [-0.2, 0) is 0 Å². The van der Waals surface area contributed by atoms with Crippen LogP contribution in [0.4, 0.5) is 0 Å². The van der Waals surface area contributed by atoms with Gasteiger partial charge in [0, 0.05) is 29.7 Å². The first-order valence-electron chi connectivity index (χ1n) is 5.98. The fourth-order valence-electron chi connectivity index (χ4n) is 2.18. The van der Waals surface area contributed by atoms with Crippen LogP contribution in [0.3, 0.4) is 0 Å². The van der Waals surface area contributed by atoms with Gasteiger partial charge in [0.1, 0.15) is 5.75 Å². The normalized spacial score (nSPS) is 13.3. The third-order valence-corrected chi connectivity index (χ3v) is 3.12. The Labute approximate surface area is 102 Å². The van der Waals surface area contributed by atoms with E-state index in [1.54, 1.807) is 7.11 Å². The van der Waals surface area contributed by atoms with Crippen molar-refractivity contribution in [1.82, 2.24) is 4.57 Å². The van der Waals surface area contributed by atoms with Crippen LogP contribution in [-0.4, -0.2) is 11.7 Å². The summed E-state index contributed by atoms with van der Waals surface area (Å²) in [5.41, 5.74) is 8.40. The van der Waals surface area contributed by atoms with Gasteiger partial charge < -0.3 is 15.0 Å². The lowest BCUT2D eigenvalue weighted by molar-refractivity contribution is 0.415. The Morgan fingerprint density at radius 3 is 2.47 bits per heavy atom. The first-order chi connectivity index (χ1) is 8.04. The Bertz CT molecular complexity index is 526. The van der Waals surface area contributed by atoms with E-state index in [0.717, 1.165) is 5.75 Å². The first-order valence-corrected chi connectivity index (χ1v) is 5.98. The standard InChI is InChI=1S/C14H20N2O/c1-9(2)16-8-13(10(3)15)12-6-5-11(17-4)7-14(12)16/h5-10H,15H2,1-4H3. The molecule has 0 saturated heterocycles. The van der Waals surface area contributed by atoms with E-state index < -0.39 is 0 Å². The fraction of sp³-hybridized carbons (Fsp3) is 0.429. The van der Waals surface area contributed by atoms with Gasteiger partial charge in [-0.05, 0) is 38.5 Å². The lowest BCUT2D eigenvalue weighted by atomic mass is 10.1. The first kappa shape index (κ1) is 12.0. The average molecular weight is 232 g/mol. The van der Waals surface area contributed by atoms with E-state index in [-0.39, 0.29) is 6.04 Å². The molecule has 1 atom stereocenters. The van der Waals surface area contributed by atoms with Gasteiger partial charge in [-0.3, -0.25) is 0 Å². The molecule has 0 aliphatic carbocycles. The predicted molar refractivity (Wildman–Crippen MR) is 71.5 cm³/mol. The molecular formula is C14H20N2O. The SMILES string of the molecule is COc1ccc2c(C(C)N)cn(C(C)C)c2c1. The topological polar surface area (TPSA) is 40.2 Å². The second kappa shape index (κ2) is 4.41. The highest BCUT2D eigenvalue weighted by Crippen LogP contribution is 2.30. The summed E-state index contributed by atoms with van der Waals surface area (Å²) >= 11 is 0. The van der Waals surface area contributed by atoms with Crippen molar-refractivity contribution >= 4 is 10.9 Å². The van der Waals surface area contributed by atoms with Gasteiger partial charge in [-0.15, -0.1) is 0 Å². The van der Waals surface area contributed by atoms with Crippen LogP contribution in [0.15, 0.2) is 24.4 Å². The van der Waals surface area contributed by atoms with Crippen molar-refractivity contribution in [3.8, 4) is 5.75 Å². The molecule has 1 aromatic carbocycles. The molecule has 1 aromatic heterocycles. The van der Waals surface area contributed by atoms with Crippen LogP contribution < -0.4 is 10.5 Å². The van der Waals surface area contributed by atoms with E-state index in [9.17, 15) is 0 Å². The Morgan fingerprint density at radius 1 is 1.24 bits per heavy atom. The van der Waals surface area contributed by atoms with Crippen LogP contribution >= 0.6 is 0 Å². The molecule has 0 aliphatic heterocycles. The van der Waals surface area contributed by atoms with Crippen LogP contribution in [0.5, 0.6) is 5.75 Å². The number of ether oxygens (including phenoxy) is 1. The van der Waals surface area contributed by atoms with Gasteiger partial charge in [-0.25, -0.2) is 0 Å². The molecule has 0 radical (unpaired) electrons. The van der Waals surface area contributed by atoms with Gasteiger partial charge in [-0.2, -0.15) is 0 Å². The summed E-state index contributed by atoms with van der Waals surface area (Å²) in [5, 5.41) is 1.22. The van der Waals surface area contributed by atoms with Gasteiger partial charge in [0.25, 0.3) is 0 Å². The molecular weight excluding hydrogens is 212 g/mol. The molecule has 3 heteroatoms. The summed E-state index contributed by atoms with van der Waals surface area (Å²) < 4.78 is 7.53. The fourth-order valence-corrected chi connectivity index (χ4v) is 2.18. The summed E-state index contributed by atoms with van der Waals surface area (Å²) in [7, 11) is 1.69. The van der Waals surface area contributed by atoms with Gasteiger partial charge >= 0.3 is 0 Å². The molecule has 0 spiro atoms. The molecule has 0 amide bonds. The molecule has 2 rings (SSSR count). The number of benzene rings is 1. The van der Waals surface area contributed by atoms with Crippen LogP contribution in [0.25, 0.3) is 10.9 Å². The van der Waals surface area contributed by atoms with Crippen LogP contribution in [0, 0.1) is 0 Å². The third kappa shape index (κ3) is 2.03. The number of hydrogen-bond donors (Lipinski definition) is 1. The maximum atomic E-state index is 6.02. The molecule has 17 heavy (non-hydrogen) atoms. The zero-order valence-corrected chi connectivity index (χ0v) is 10.9. The Balaban J connectivity index is 2.72. The Hall–Kier alpha value is -1.48. The second-order valence-corrected chi connectivity index (χ2v) is 4.76. The van der Waals surface area contributed by atoms with Gasteiger partial charge in [-0.1, -0.05) is 0 Å². The minimum atomic E-state index is 0.0471. The maximum Gasteiger partial charge on any atom is 0.120 e. The Kier molecular flexibility index (Phi) is 3.11. The van der Waals surface area contributed by atoms with Crippen molar-refractivity contribution in [3.05, 3.63) is 30.0 Å². The summed E-state index contributed by atoms with van der Waals surface area (Å²) in [5.74, 6) is 0.883. The van der Waals surface area contributed by atoms with E-state index in [1.165, 1.54) is 16.5 Å². The average Bonchev–Trinajstić information content (AvgIpc) is 2.67. The predicted octanol–water partition coefficient (Wildman–Crippen LogP) is 3.25. The van der Waals surface area contributed by atoms with Crippen LogP contribution in [0.2, 0.25) is 0 Å². The van der Waals surface area contributed by atoms with E-state index in [2.05, 4.69) is 36.7 Å². The number of fused-ring (bicyclic) bond motifs is 1. The van der Waals surface area contributed by atoms with Gasteiger partial charge in [0.05, 0.1) is 12.6 Å². The van der Waals surface area contributed by atoms with E-state index >= 15 is 0 Å². The van der Waals surface area contributed by atoms with Crippen molar-refractivity contribution in [1.29, 1.82) is 0 Å².